The summed E-state index contributed by atoms with van der Waals surface area (Å²) >= 11 is 1.74. The smallest absolute Gasteiger partial charge is 0.251 e. The first-order valence-electron chi connectivity index (χ1n) is 6.02. The van der Waals surface area contributed by atoms with Crippen LogP contribution in [0.3, 0.4) is 0 Å². The maximum absolute atomic E-state index is 12.0. The average molecular weight is 267 g/mol. The number of nitrogens with one attached hydrogen (secondary N) is 2. The molecule has 0 saturated heterocycles. The van der Waals surface area contributed by atoms with E-state index in [-0.39, 0.29) is 10.7 Å². The maximum atomic E-state index is 12.0. The zero-order chi connectivity index (χ0) is 13.6. The van der Waals surface area contributed by atoms with E-state index < -0.39 is 0 Å². The van der Waals surface area contributed by atoms with Gasteiger partial charge in [0.05, 0.1) is 0 Å². The number of thioether (sulfide) groups is 1. The Labute approximate surface area is 113 Å². The zero-order valence-electron chi connectivity index (χ0n) is 11.4. The number of anilines is 1. The minimum Gasteiger partial charge on any atom is -0.370 e. The Kier molecular flexibility index (Phi) is 5.47. The molecule has 0 spiro atoms. The van der Waals surface area contributed by atoms with Crippen LogP contribution in [0.4, 0.5) is 5.82 Å². The van der Waals surface area contributed by atoms with Gasteiger partial charge in [0.2, 0.25) is 0 Å². The highest BCUT2D eigenvalue weighted by molar-refractivity contribution is 7.99. The van der Waals surface area contributed by atoms with Gasteiger partial charge in [-0.2, -0.15) is 11.8 Å². The predicted molar refractivity (Wildman–Crippen MR) is 78.3 cm³/mol. The summed E-state index contributed by atoms with van der Waals surface area (Å²) < 4.78 is 0.0488. The van der Waals surface area contributed by atoms with Gasteiger partial charge >= 0.3 is 0 Å². The van der Waals surface area contributed by atoms with E-state index in [1.165, 1.54) is 0 Å². The molecule has 0 saturated carbocycles. The SMILES string of the molecule is CCNc1cc(C(=O)NCC(C)(C)SC)ccn1. The summed E-state index contributed by atoms with van der Waals surface area (Å²) in [6.07, 6.45) is 3.69. The van der Waals surface area contributed by atoms with Gasteiger partial charge in [-0.3, -0.25) is 4.79 Å². The highest BCUT2D eigenvalue weighted by Crippen LogP contribution is 2.19. The summed E-state index contributed by atoms with van der Waals surface area (Å²) in [4.78, 5) is 16.1. The number of pyridine rings is 1. The van der Waals surface area contributed by atoms with Crippen LogP contribution in [0, 0.1) is 0 Å². The lowest BCUT2D eigenvalue weighted by molar-refractivity contribution is 0.0950. The topological polar surface area (TPSA) is 54.0 Å². The lowest BCUT2D eigenvalue weighted by Gasteiger charge is -2.22. The molecule has 0 radical (unpaired) electrons. The van der Waals surface area contributed by atoms with Gasteiger partial charge < -0.3 is 10.6 Å². The first kappa shape index (κ1) is 14.8. The van der Waals surface area contributed by atoms with Gasteiger partial charge in [-0.1, -0.05) is 0 Å². The van der Waals surface area contributed by atoms with Crippen molar-refractivity contribution < 1.29 is 4.79 Å². The van der Waals surface area contributed by atoms with E-state index in [9.17, 15) is 4.79 Å². The molecule has 0 aromatic carbocycles. The zero-order valence-corrected chi connectivity index (χ0v) is 12.2. The van der Waals surface area contributed by atoms with Crippen LogP contribution in [0.15, 0.2) is 18.3 Å². The van der Waals surface area contributed by atoms with Crippen LogP contribution in [-0.4, -0.2) is 35.0 Å². The van der Waals surface area contributed by atoms with Crippen molar-refractivity contribution in [3.8, 4) is 0 Å². The second-order valence-electron chi connectivity index (χ2n) is 4.61. The molecule has 0 aliphatic carbocycles. The summed E-state index contributed by atoms with van der Waals surface area (Å²) in [5.74, 6) is 0.674. The quantitative estimate of drug-likeness (QED) is 0.831. The van der Waals surface area contributed by atoms with Gasteiger partial charge in [-0.05, 0) is 39.2 Å². The van der Waals surface area contributed by atoms with E-state index in [1.807, 2.05) is 13.2 Å². The minimum absolute atomic E-state index is 0.0488. The molecule has 0 aliphatic rings. The van der Waals surface area contributed by atoms with Crippen molar-refractivity contribution in [3.63, 3.8) is 0 Å². The van der Waals surface area contributed by atoms with E-state index in [1.54, 1.807) is 30.1 Å². The Balaban J connectivity index is 2.64. The van der Waals surface area contributed by atoms with Crippen molar-refractivity contribution in [3.05, 3.63) is 23.9 Å². The number of rotatable bonds is 6. The lowest BCUT2D eigenvalue weighted by atomic mass is 10.2. The molecule has 4 nitrogen and oxygen atoms in total. The molecule has 1 amide bonds. The van der Waals surface area contributed by atoms with Gasteiger partial charge in [-0.15, -0.1) is 0 Å². The Bertz CT molecular complexity index is 407. The molecule has 1 rings (SSSR count). The molecular formula is C13H21N3OS. The van der Waals surface area contributed by atoms with E-state index >= 15 is 0 Å². The molecule has 0 atom stereocenters. The number of aromatic nitrogens is 1. The first-order chi connectivity index (χ1) is 8.48. The molecule has 2 N–H and O–H groups in total. The van der Waals surface area contributed by atoms with Crippen molar-refractivity contribution in [2.24, 2.45) is 0 Å². The van der Waals surface area contributed by atoms with Crippen LogP contribution in [0.1, 0.15) is 31.1 Å². The van der Waals surface area contributed by atoms with Gasteiger partial charge in [0, 0.05) is 29.6 Å². The van der Waals surface area contributed by atoms with Gasteiger partial charge in [-0.25, -0.2) is 4.98 Å². The number of carbonyl (C=O) groups excluding carboxylic acids is 1. The van der Waals surface area contributed by atoms with E-state index in [4.69, 9.17) is 0 Å². The fourth-order valence-corrected chi connectivity index (χ4v) is 1.53. The predicted octanol–water partition coefficient (Wildman–Crippen LogP) is 2.38. The van der Waals surface area contributed by atoms with E-state index in [0.29, 0.717) is 12.1 Å². The average Bonchev–Trinajstić information content (AvgIpc) is 2.37. The van der Waals surface area contributed by atoms with Crippen molar-refractivity contribution >= 4 is 23.5 Å². The van der Waals surface area contributed by atoms with Crippen LogP contribution in [0.5, 0.6) is 0 Å². The molecule has 1 aromatic rings. The fourth-order valence-electron chi connectivity index (χ4n) is 1.32. The molecule has 100 valence electrons. The summed E-state index contributed by atoms with van der Waals surface area (Å²) in [5.41, 5.74) is 0.637. The molecule has 0 aliphatic heterocycles. The van der Waals surface area contributed by atoms with E-state index in [2.05, 4.69) is 29.5 Å². The van der Waals surface area contributed by atoms with Crippen molar-refractivity contribution in [1.82, 2.24) is 10.3 Å². The highest BCUT2D eigenvalue weighted by atomic mass is 32.2. The summed E-state index contributed by atoms with van der Waals surface area (Å²) in [5, 5.41) is 6.04. The lowest BCUT2D eigenvalue weighted by Crippen LogP contribution is -2.36. The van der Waals surface area contributed by atoms with Crippen molar-refractivity contribution in [2.45, 2.75) is 25.5 Å². The molecule has 0 fully saturated rings. The molecule has 5 heteroatoms. The number of amides is 1. The highest BCUT2D eigenvalue weighted by Gasteiger charge is 2.17. The van der Waals surface area contributed by atoms with E-state index in [0.717, 1.165) is 12.4 Å². The number of carbonyl (C=O) groups is 1. The van der Waals surface area contributed by atoms with Crippen molar-refractivity contribution in [1.29, 1.82) is 0 Å². The maximum Gasteiger partial charge on any atom is 0.251 e. The normalized spacial score (nSPS) is 11.1. The summed E-state index contributed by atoms with van der Waals surface area (Å²) in [7, 11) is 0. The molecular weight excluding hydrogens is 246 g/mol. The van der Waals surface area contributed by atoms with Gasteiger partial charge in [0.1, 0.15) is 5.82 Å². The molecule has 18 heavy (non-hydrogen) atoms. The molecule has 0 bridgehead atoms. The third kappa shape index (κ3) is 4.56. The second kappa shape index (κ2) is 6.64. The Hall–Kier alpha value is -1.23. The largest absolute Gasteiger partial charge is 0.370 e. The van der Waals surface area contributed by atoms with Crippen LogP contribution < -0.4 is 10.6 Å². The Morgan fingerprint density at radius 1 is 1.50 bits per heavy atom. The Morgan fingerprint density at radius 3 is 2.83 bits per heavy atom. The fraction of sp³-hybridized carbons (Fsp3) is 0.538. The summed E-state index contributed by atoms with van der Waals surface area (Å²) in [6.45, 7) is 7.64. The number of hydrogen-bond donors (Lipinski definition) is 2. The first-order valence-corrected chi connectivity index (χ1v) is 7.24. The standard InChI is InChI=1S/C13H21N3OS/c1-5-14-11-8-10(6-7-15-11)12(17)16-9-13(2,3)18-4/h6-8H,5,9H2,1-4H3,(H,14,15)(H,16,17). The summed E-state index contributed by atoms with van der Waals surface area (Å²) in [6, 6.07) is 3.49. The van der Waals surface area contributed by atoms with Gasteiger partial charge in [0.15, 0.2) is 0 Å². The molecule has 1 heterocycles. The van der Waals surface area contributed by atoms with Crippen LogP contribution >= 0.6 is 11.8 Å². The number of hydrogen-bond acceptors (Lipinski definition) is 4. The van der Waals surface area contributed by atoms with Crippen LogP contribution in [0.2, 0.25) is 0 Å². The molecule has 0 unspecified atom stereocenters. The van der Waals surface area contributed by atoms with Crippen LogP contribution in [0.25, 0.3) is 0 Å². The third-order valence-electron chi connectivity index (χ3n) is 2.61. The third-order valence-corrected chi connectivity index (χ3v) is 3.86. The van der Waals surface area contributed by atoms with Crippen LogP contribution in [-0.2, 0) is 0 Å². The monoisotopic (exact) mass is 267 g/mol. The van der Waals surface area contributed by atoms with Crippen molar-refractivity contribution in [2.75, 3.05) is 24.7 Å². The number of nitrogens with zero attached hydrogens (tertiary/aromatic N) is 1. The Morgan fingerprint density at radius 2 is 2.22 bits per heavy atom. The minimum atomic E-state index is -0.0568. The molecule has 1 aromatic heterocycles. The van der Waals surface area contributed by atoms with Gasteiger partial charge in [0.25, 0.3) is 5.91 Å². The second-order valence-corrected chi connectivity index (χ2v) is 6.12.